The molecule has 0 radical (unpaired) electrons. The monoisotopic (exact) mass is 373 g/mol. The summed E-state index contributed by atoms with van der Waals surface area (Å²) < 4.78 is 30.8. The van der Waals surface area contributed by atoms with E-state index >= 15 is 0 Å². The summed E-state index contributed by atoms with van der Waals surface area (Å²) in [6.45, 7) is 2.48. The average molecular weight is 373 g/mol. The Balaban J connectivity index is 1.62. The van der Waals surface area contributed by atoms with E-state index in [2.05, 4.69) is 0 Å². The van der Waals surface area contributed by atoms with Crippen LogP contribution in [0.25, 0.3) is 0 Å². The number of hydrogen-bond donors (Lipinski definition) is 0. The van der Waals surface area contributed by atoms with Crippen molar-refractivity contribution >= 4 is 15.7 Å². The van der Waals surface area contributed by atoms with Gasteiger partial charge in [0.25, 0.3) is 5.91 Å². The van der Waals surface area contributed by atoms with Crippen molar-refractivity contribution in [3.05, 3.63) is 60.2 Å². The molecule has 1 amide bonds. The van der Waals surface area contributed by atoms with Crippen LogP contribution < -0.4 is 4.74 Å². The molecule has 6 heteroatoms. The van der Waals surface area contributed by atoms with Gasteiger partial charge in [0.2, 0.25) is 0 Å². The third-order valence-electron chi connectivity index (χ3n) is 4.59. The molecule has 0 N–H and O–H groups in total. The molecule has 1 fully saturated rings. The molecule has 26 heavy (non-hydrogen) atoms. The lowest BCUT2D eigenvalue weighted by Gasteiger charge is -2.24. The first kappa shape index (κ1) is 18.5. The van der Waals surface area contributed by atoms with Gasteiger partial charge >= 0.3 is 0 Å². The van der Waals surface area contributed by atoms with Crippen LogP contribution in [0.4, 0.5) is 0 Å². The van der Waals surface area contributed by atoms with E-state index in [1.807, 2.05) is 31.2 Å². The second-order valence-electron chi connectivity index (χ2n) is 6.58. The summed E-state index contributed by atoms with van der Waals surface area (Å²) in [6.07, 6.45) is 1.51. The number of aryl methyl sites for hydroxylation is 1. The number of carbonyl (C=O) groups excluding carboxylic acids is 1. The van der Waals surface area contributed by atoms with Crippen LogP contribution in [0.1, 0.15) is 18.4 Å². The van der Waals surface area contributed by atoms with Crippen molar-refractivity contribution < 1.29 is 17.9 Å². The van der Waals surface area contributed by atoms with Gasteiger partial charge in [0.05, 0.1) is 10.6 Å². The van der Waals surface area contributed by atoms with Crippen molar-refractivity contribution in [1.29, 1.82) is 0 Å². The van der Waals surface area contributed by atoms with E-state index < -0.39 is 9.84 Å². The molecular weight excluding hydrogens is 350 g/mol. The summed E-state index contributed by atoms with van der Waals surface area (Å²) in [7, 11) is -3.42. The lowest BCUT2D eigenvalue weighted by Crippen LogP contribution is -2.42. The van der Waals surface area contributed by atoms with E-state index in [4.69, 9.17) is 4.74 Å². The molecule has 3 rings (SSSR count). The summed E-state index contributed by atoms with van der Waals surface area (Å²) in [5.74, 6) is 0.417. The van der Waals surface area contributed by atoms with Crippen molar-refractivity contribution in [3.63, 3.8) is 0 Å². The zero-order chi connectivity index (χ0) is 18.6. The number of sulfone groups is 1. The number of nitrogens with zero attached hydrogens (tertiary/aromatic N) is 1. The Labute approximate surface area is 154 Å². The van der Waals surface area contributed by atoms with E-state index in [0.29, 0.717) is 23.6 Å². The topological polar surface area (TPSA) is 63.7 Å². The van der Waals surface area contributed by atoms with Gasteiger partial charge in [-0.2, -0.15) is 0 Å². The Morgan fingerprint density at radius 3 is 2.50 bits per heavy atom. The minimum atomic E-state index is -3.42. The second kappa shape index (κ2) is 7.91. The summed E-state index contributed by atoms with van der Waals surface area (Å²) in [6, 6.07) is 15.6. The molecule has 1 heterocycles. The Morgan fingerprint density at radius 1 is 1.12 bits per heavy atom. The molecule has 2 aromatic rings. The highest BCUT2D eigenvalue weighted by Crippen LogP contribution is 2.22. The second-order valence-corrected chi connectivity index (χ2v) is 8.61. The molecule has 1 atom stereocenters. The number of ether oxygens (including phenoxy) is 1. The summed E-state index contributed by atoms with van der Waals surface area (Å²) >= 11 is 0. The van der Waals surface area contributed by atoms with Crippen molar-refractivity contribution in [2.24, 2.45) is 0 Å². The number of benzene rings is 2. The Hall–Kier alpha value is -2.34. The highest BCUT2D eigenvalue weighted by Gasteiger charge is 2.33. The number of likely N-dealkylation sites (tertiary alicyclic amines) is 1. The highest BCUT2D eigenvalue weighted by molar-refractivity contribution is 7.91. The van der Waals surface area contributed by atoms with Gasteiger partial charge < -0.3 is 9.64 Å². The van der Waals surface area contributed by atoms with Gasteiger partial charge in [0.1, 0.15) is 5.75 Å². The van der Waals surface area contributed by atoms with Crippen LogP contribution in [0, 0.1) is 6.92 Å². The lowest BCUT2D eigenvalue weighted by atomic mass is 10.2. The molecule has 0 aliphatic carbocycles. The van der Waals surface area contributed by atoms with Crippen LogP contribution in [-0.4, -0.2) is 44.2 Å². The van der Waals surface area contributed by atoms with Gasteiger partial charge in [0.15, 0.2) is 16.4 Å². The third kappa shape index (κ3) is 4.43. The first-order chi connectivity index (χ1) is 12.5. The smallest absolute Gasteiger partial charge is 0.260 e. The molecule has 1 aliphatic rings. The first-order valence-corrected chi connectivity index (χ1v) is 10.4. The van der Waals surface area contributed by atoms with Crippen LogP contribution in [0.5, 0.6) is 5.75 Å². The lowest BCUT2D eigenvalue weighted by molar-refractivity contribution is -0.133. The molecule has 5 nitrogen and oxygen atoms in total. The molecule has 2 aromatic carbocycles. The molecule has 1 saturated heterocycles. The molecule has 0 spiro atoms. The van der Waals surface area contributed by atoms with Crippen LogP contribution in [0.2, 0.25) is 0 Å². The van der Waals surface area contributed by atoms with Crippen LogP contribution >= 0.6 is 0 Å². The Kier molecular flexibility index (Phi) is 5.61. The highest BCUT2D eigenvalue weighted by atomic mass is 32.2. The summed E-state index contributed by atoms with van der Waals surface area (Å²) in [4.78, 5) is 14.5. The van der Waals surface area contributed by atoms with Crippen molar-refractivity contribution in [3.8, 4) is 5.75 Å². The molecule has 0 bridgehead atoms. The molecular formula is C20H23NO4S. The fourth-order valence-corrected chi connectivity index (χ4v) is 4.79. The van der Waals surface area contributed by atoms with E-state index in [9.17, 15) is 13.2 Å². The van der Waals surface area contributed by atoms with E-state index in [1.165, 1.54) is 0 Å². The predicted molar refractivity (Wildman–Crippen MR) is 99.9 cm³/mol. The third-order valence-corrected chi connectivity index (χ3v) is 6.41. The fourth-order valence-electron chi connectivity index (χ4n) is 3.18. The standard InChI is InChI=1S/C20H23NO4S/c1-16-9-11-18(12-10-16)25-14-20(22)21-13-5-6-17(21)15-26(23,24)19-7-3-2-4-8-19/h2-4,7-12,17H,5-6,13-15H2,1H3. The predicted octanol–water partition coefficient (Wildman–Crippen LogP) is 2.84. The van der Waals surface area contributed by atoms with E-state index in [-0.39, 0.29) is 24.3 Å². The molecule has 1 unspecified atom stereocenters. The zero-order valence-corrected chi connectivity index (χ0v) is 15.6. The molecule has 0 saturated carbocycles. The van der Waals surface area contributed by atoms with Crippen molar-refractivity contribution in [2.75, 3.05) is 18.9 Å². The Bertz CT molecular complexity index is 847. The minimum absolute atomic E-state index is 0.0483. The number of carbonyl (C=O) groups is 1. The van der Waals surface area contributed by atoms with Gasteiger partial charge in [-0.05, 0) is 44.0 Å². The van der Waals surface area contributed by atoms with Gasteiger partial charge in [-0.1, -0.05) is 35.9 Å². The summed E-state index contributed by atoms with van der Waals surface area (Å²) in [5, 5.41) is 0. The normalized spacial score (nSPS) is 17.3. The molecule has 1 aliphatic heterocycles. The Morgan fingerprint density at radius 2 is 1.81 bits per heavy atom. The maximum atomic E-state index is 12.6. The zero-order valence-electron chi connectivity index (χ0n) is 14.8. The molecule has 0 aromatic heterocycles. The van der Waals surface area contributed by atoms with Crippen LogP contribution in [0.3, 0.4) is 0 Å². The maximum absolute atomic E-state index is 12.6. The van der Waals surface area contributed by atoms with Gasteiger partial charge in [-0.25, -0.2) is 8.42 Å². The van der Waals surface area contributed by atoms with Gasteiger partial charge in [-0.3, -0.25) is 4.79 Å². The van der Waals surface area contributed by atoms with Crippen LogP contribution in [-0.2, 0) is 14.6 Å². The van der Waals surface area contributed by atoms with E-state index in [0.717, 1.165) is 12.0 Å². The average Bonchev–Trinajstić information content (AvgIpc) is 3.09. The van der Waals surface area contributed by atoms with Crippen molar-refractivity contribution in [2.45, 2.75) is 30.7 Å². The molecule has 138 valence electrons. The minimum Gasteiger partial charge on any atom is -0.484 e. The number of rotatable bonds is 6. The fraction of sp³-hybridized carbons (Fsp3) is 0.350. The van der Waals surface area contributed by atoms with Gasteiger partial charge in [0, 0.05) is 12.6 Å². The van der Waals surface area contributed by atoms with E-state index in [1.54, 1.807) is 35.2 Å². The maximum Gasteiger partial charge on any atom is 0.260 e. The SMILES string of the molecule is Cc1ccc(OCC(=O)N2CCCC2CS(=O)(=O)c2ccccc2)cc1. The van der Waals surface area contributed by atoms with Crippen molar-refractivity contribution in [1.82, 2.24) is 4.90 Å². The number of amides is 1. The quantitative estimate of drug-likeness (QED) is 0.781. The summed E-state index contributed by atoms with van der Waals surface area (Å²) in [5.41, 5.74) is 1.12. The number of hydrogen-bond acceptors (Lipinski definition) is 4. The van der Waals surface area contributed by atoms with Gasteiger partial charge in [-0.15, -0.1) is 0 Å². The van der Waals surface area contributed by atoms with Crippen LogP contribution in [0.15, 0.2) is 59.5 Å². The largest absolute Gasteiger partial charge is 0.484 e. The first-order valence-electron chi connectivity index (χ1n) is 8.72.